The molecule has 0 saturated heterocycles. The Balaban J connectivity index is 1.45. The molecule has 0 spiro atoms. The van der Waals surface area contributed by atoms with E-state index in [1.807, 2.05) is 52.7 Å². The molecule has 0 saturated carbocycles. The summed E-state index contributed by atoms with van der Waals surface area (Å²) in [7, 11) is 0. The Morgan fingerprint density at radius 2 is 1.66 bits per heavy atom. The molecule has 0 unspecified atom stereocenters. The van der Waals surface area contributed by atoms with Gasteiger partial charge in [0.25, 0.3) is 0 Å². The lowest BCUT2D eigenvalue weighted by Gasteiger charge is -2.23. The van der Waals surface area contributed by atoms with E-state index in [1.54, 1.807) is 17.7 Å². The van der Waals surface area contributed by atoms with Crippen LogP contribution in [0.3, 0.4) is 0 Å². The molecule has 0 bridgehead atoms. The van der Waals surface area contributed by atoms with Crippen LogP contribution in [0.1, 0.15) is 11.1 Å². The second-order valence-corrected chi connectivity index (χ2v) is 8.50. The Morgan fingerprint density at radius 3 is 2.41 bits per heavy atom. The number of fused-ring (bicyclic) bond motifs is 1. The van der Waals surface area contributed by atoms with E-state index in [-0.39, 0.29) is 5.91 Å². The monoisotopic (exact) mass is 419 g/mol. The lowest BCUT2D eigenvalue weighted by molar-refractivity contribution is -0.128. The van der Waals surface area contributed by atoms with Crippen molar-refractivity contribution < 1.29 is 4.79 Å². The summed E-state index contributed by atoms with van der Waals surface area (Å²) in [5.41, 5.74) is 2.38. The molecule has 0 fully saturated rings. The molecule has 0 N–H and O–H groups in total. The number of carbonyl (C=O) groups excluding carboxylic acids is 1. The van der Waals surface area contributed by atoms with Crippen molar-refractivity contribution in [2.75, 3.05) is 12.3 Å². The molecule has 0 aliphatic carbocycles. The highest BCUT2D eigenvalue weighted by atomic mass is 32.2. The van der Waals surface area contributed by atoms with Gasteiger partial charge in [0.05, 0.1) is 5.75 Å². The van der Waals surface area contributed by atoms with Crippen molar-refractivity contribution in [3.8, 4) is 0 Å². The van der Waals surface area contributed by atoms with Gasteiger partial charge in [-0.05, 0) is 29.0 Å². The predicted octanol–water partition coefficient (Wildman–Crippen LogP) is 5.05. The Hall–Kier alpha value is -2.70. The lowest BCUT2D eigenvalue weighted by atomic mass is 10.1. The first-order valence-corrected chi connectivity index (χ1v) is 11.3. The van der Waals surface area contributed by atoms with E-state index in [9.17, 15) is 4.79 Å². The van der Waals surface area contributed by atoms with Gasteiger partial charge in [0.2, 0.25) is 5.91 Å². The highest BCUT2D eigenvalue weighted by Crippen LogP contribution is 2.27. The number of hydrogen-bond donors (Lipinski definition) is 0. The predicted molar refractivity (Wildman–Crippen MR) is 120 cm³/mol. The van der Waals surface area contributed by atoms with E-state index < -0.39 is 0 Å². The standard InChI is InChI=1S/C23H21N3OS2/c27-21(16-29-23-20-12-14-28-22(20)24-17-25-23)26(15-19-9-5-2-6-10-19)13-11-18-7-3-1-4-8-18/h1-10,12,14,17H,11,13,15-16H2. The first-order valence-electron chi connectivity index (χ1n) is 9.46. The summed E-state index contributed by atoms with van der Waals surface area (Å²) in [5.74, 6) is 0.487. The van der Waals surface area contributed by atoms with Gasteiger partial charge >= 0.3 is 0 Å². The molecule has 0 atom stereocenters. The Bertz CT molecular complexity index is 1070. The van der Waals surface area contributed by atoms with E-state index in [1.165, 1.54) is 17.3 Å². The molecule has 0 radical (unpaired) electrons. The summed E-state index contributed by atoms with van der Waals surface area (Å²) in [6.07, 6.45) is 2.41. The van der Waals surface area contributed by atoms with Crippen molar-refractivity contribution in [2.45, 2.75) is 18.0 Å². The average molecular weight is 420 g/mol. The zero-order valence-electron chi connectivity index (χ0n) is 15.9. The maximum absolute atomic E-state index is 13.1. The number of aromatic nitrogens is 2. The fourth-order valence-electron chi connectivity index (χ4n) is 3.11. The zero-order chi connectivity index (χ0) is 19.9. The van der Waals surface area contributed by atoms with Crippen molar-refractivity contribution in [3.05, 3.63) is 89.6 Å². The van der Waals surface area contributed by atoms with E-state index in [4.69, 9.17) is 0 Å². The average Bonchev–Trinajstić information content (AvgIpc) is 3.26. The van der Waals surface area contributed by atoms with Crippen LogP contribution in [0.4, 0.5) is 0 Å². The van der Waals surface area contributed by atoms with Gasteiger partial charge in [0.1, 0.15) is 16.2 Å². The molecule has 6 heteroatoms. The third kappa shape index (κ3) is 5.22. The van der Waals surface area contributed by atoms with Gasteiger partial charge in [-0.1, -0.05) is 72.4 Å². The van der Waals surface area contributed by atoms with Crippen molar-refractivity contribution in [3.63, 3.8) is 0 Å². The smallest absolute Gasteiger partial charge is 0.233 e. The molecule has 2 aromatic heterocycles. The molecule has 4 rings (SSSR count). The number of nitrogens with zero attached hydrogens (tertiary/aromatic N) is 3. The summed E-state index contributed by atoms with van der Waals surface area (Å²) >= 11 is 3.08. The fourth-order valence-corrected chi connectivity index (χ4v) is 4.79. The minimum Gasteiger partial charge on any atom is -0.337 e. The van der Waals surface area contributed by atoms with E-state index >= 15 is 0 Å². The van der Waals surface area contributed by atoms with Gasteiger partial charge in [0.15, 0.2) is 0 Å². The largest absolute Gasteiger partial charge is 0.337 e. The van der Waals surface area contributed by atoms with Crippen LogP contribution in [0.15, 0.2) is 83.5 Å². The molecular weight excluding hydrogens is 398 g/mol. The molecule has 2 heterocycles. The number of carbonyl (C=O) groups is 1. The van der Waals surface area contributed by atoms with Crippen LogP contribution < -0.4 is 0 Å². The van der Waals surface area contributed by atoms with E-state index in [0.717, 1.165) is 27.2 Å². The first kappa shape index (κ1) is 19.6. The minimum absolute atomic E-state index is 0.122. The molecular formula is C23H21N3OS2. The molecule has 0 aliphatic heterocycles. The van der Waals surface area contributed by atoms with E-state index in [0.29, 0.717) is 18.8 Å². The number of thioether (sulfide) groups is 1. The second-order valence-electron chi connectivity index (χ2n) is 6.64. The van der Waals surface area contributed by atoms with Gasteiger partial charge in [-0.15, -0.1) is 11.3 Å². The SMILES string of the molecule is O=C(CSc1ncnc2sccc12)N(CCc1ccccc1)Cc1ccccc1. The summed E-state index contributed by atoms with van der Waals surface area (Å²) in [6.45, 7) is 1.31. The van der Waals surface area contributed by atoms with Crippen LogP contribution in [0.2, 0.25) is 0 Å². The molecule has 4 nitrogen and oxygen atoms in total. The molecule has 0 aliphatic rings. The fraction of sp³-hybridized carbons (Fsp3) is 0.174. The summed E-state index contributed by atoms with van der Waals surface area (Å²) in [6, 6.07) is 22.5. The lowest BCUT2D eigenvalue weighted by Crippen LogP contribution is -2.33. The minimum atomic E-state index is 0.122. The van der Waals surface area contributed by atoms with Crippen LogP contribution in [-0.4, -0.2) is 33.1 Å². The van der Waals surface area contributed by atoms with Gasteiger partial charge in [0, 0.05) is 18.5 Å². The zero-order valence-corrected chi connectivity index (χ0v) is 17.5. The highest BCUT2D eigenvalue weighted by Gasteiger charge is 2.16. The Kier molecular flexibility index (Phi) is 6.54. The van der Waals surface area contributed by atoms with Crippen LogP contribution in [0, 0.1) is 0 Å². The van der Waals surface area contributed by atoms with Crippen molar-refractivity contribution in [1.82, 2.24) is 14.9 Å². The van der Waals surface area contributed by atoms with E-state index in [2.05, 4.69) is 34.2 Å². The van der Waals surface area contributed by atoms with Crippen LogP contribution in [0.5, 0.6) is 0 Å². The third-order valence-electron chi connectivity index (χ3n) is 4.64. The normalized spacial score (nSPS) is 10.9. The molecule has 146 valence electrons. The van der Waals surface area contributed by atoms with Crippen molar-refractivity contribution in [1.29, 1.82) is 0 Å². The third-order valence-corrected chi connectivity index (χ3v) is 6.45. The maximum Gasteiger partial charge on any atom is 0.233 e. The van der Waals surface area contributed by atoms with Gasteiger partial charge in [-0.25, -0.2) is 9.97 Å². The quantitative estimate of drug-likeness (QED) is 0.296. The molecule has 4 aromatic rings. The van der Waals surface area contributed by atoms with Crippen LogP contribution in [-0.2, 0) is 17.8 Å². The maximum atomic E-state index is 13.1. The van der Waals surface area contributed by atoms with Crippen molar-refractivity contribution in [2.24, 2.45) is 0 Å². The Morgan fingerprint density at radius 1 is 0.931 bits per heavy atom. The van der Waals surface area contributed by atoms with Gasteiger partial charge in [-0.3, -0.25) is 4.79 Å². The Labute approximate surface area is 178 Å². The first-order chi connectivity index (χ1) is 14.3. The van der Waals surface area contributed by atoms with Gasteiger partial charge < -0.3 is 4.90 Å². The number of thiophene rings is 1. The molecule has 2 aromatic carbocycles. The summed E-state index contributed by atoms with van der Waals surface area (Å²) in [4.78, 5) is 24.6. The summed E-state index contributed by atoms with van der Waals surface area (Å²) in [5, 5.41) is 3.90. The van der Waals surface area contributed by atoms with Crippen molar-refractivity contribution >= 4 is 39.2 Å². The highest BCUT2D eigenvalue weighted by molar-refractivity contribution is 8.00. The van der Waals surface area contributed by atoms with Crippen LogP contribution in [0.25, 0.3) is 10.2 Å². The number of rotatable bonds is 8. The second kappa shape index (κ2) is 9.67. The number of hydrogen-bond acceptors (Lipinski definition) is 5. The molecule has 1 amide bonds. The number of benzene rings is 2. The molecule has 29 heavy (non-hydrogen) atoms. The van der Waals surface area contributed by atoms with Gasteiger partial charge in [-0.2, -0.15) is 0 Å². The van der Waals surface area contributed by atoms with Crippen LogP contribution >= 0.6 is 23.1 Å². The topological polar surface area (TPSA) is 46.1 Å². The number of amides is 1. The summed E-state index contributed by atoms with van der Waals surface area (Å²) < 4.78 is 0.